The molecule has 6 nitrogen and oxygen atoms in total. The molecule has 0 amide bonds. The Hall–Kier alpha value is -2.32. The molecule has 0 aliphatic rings. The third-order valence-electron chi connectivity index (χ3n) is 3.25. The average Bonchev–Trinajstić information content (AvgIpc) is 2.97. The summed E-state index contributed by atoms with van der Waals surface area (Å²) in [7, 11) is 1.48. The van der Waals surface area contributed by atoms with E-state index in [1.807, 2.05) is 24.5 Å². The summed E-state index contributed by atoms with van der Waals surface area (Å²) in [5, 5.41) is 14.9. The van der Waals surface area contributed by atoms with Crippen LogP contribution in [0.15, 0.2) is 41.3 Å². The summed E-state index contributed by atoms with van der Waals surface area (Å²) in [6.45, 7) is 0. The number of hydrogen-bond donors (Lipinski definition) is 1. The number of aromatic nitrogens is 1. The van der Waals surface area contributed by atoms with Crippen LogP contribution in [0.4, 0.5) is 16.5 Å². The lowest BCUT2D eigenvalue weighted by atomic mass is 10.2. The van der Waals surface area contributed by atoms with Gasteiger partial charge in [-0.05, 0) is 30.5 Å². The van der Waals surface area contributed by atoms with Crippen LogP contribution in [0.2, 0.25) is 0 Å². The van der Waals surface area contributed by atoms with Gasteiger partial charge in [-0.2, -0.15) is 0 Å². The fraction of sp³-hybridized carbons (Fsp3) is 0.133. The number of hydrogen-bond acceptors (Lipinski definition) is 7. The standard InChI is InChI=1S/C15H13N3O3S2/c1-21-9-6-7-10(11(8-9)18(19)20)16-15-17-14-12(22-2)4-3-5-13(14)23-15/h3-8H,1-2H3,(H,16,17). The van der Waals surface area contributed by atoms with Gasteiger partial charge >= 0.3 is 0 Å². The zero-order valence-electron chi connectivity index (χ0n) is 12.4. The molecule has 0 unspecified atom stereocenters. The van der Waals surface area contributed by atoms with Crippen molar-refractivity contribution in [3.05, 3.63) is 46.5 Å². The van der Waals surface area contributed by atoms with Gasteiger partial charge in [0.05, 0.1) is 28.3 Å². The van der Waals surface area contributed by atoms with E-state index in [-0.39, 0.29) is 5.69 Å². The highest BCUT2D eigenvalue weighted by Gasteiger charge is 2.17. The van der Waals surface area contributed by atoms with Gasteiger partial charge in [-0.3, -0.25) is 10.1 Å². The molecule has 0 spiro atoms. The summed E-state index contributed by atoms with van der Waals surface area (Å²) in [5.41, 5.74) is 1.25. The molecule has 23 heavy (non-hydrogen) atoms. The van der Waals surface area contributed by atoms with Crippen molar-refractivity contribution in [1.82, 2.24) is 4.98 Å². The lowest BCUT2D eigenvalue weighted by Crippen LogP contribution is -1.97. The summed E-state index contributed by atoms with van der Waals surface area (Å²) in [4.78, 5) is 16.4. The molecule has 0 saturated heterocycles. The van der Waals surface area contributed by atoms with E-state index >= 15 is 0 Å². The van der Waals surface area contributed by atoms with E-state index in [2.05, 4.69) is 10.3 Å². The molecular weight excluding hydrogens is 334 g/mol. The number of nitrogens with one attached hydrogen (secondary N) is 1. The highest BCUT2D eigenvalue weighted by Crippen LogP contribution is 2.36. The van der Waals surface area contributed by atoms with Crippen LogP contribution in [0.3, 0.4) is 0 Å². The van der Waals surface area contributed by atoms with Gasteiger partial charge < -0.3 is 10.1 Å². The number of thioether (sulfide) groups is 1. The van der Waals surface area contributed by atoms with Gasteiger partial charge in [0.2, 0.25) is 0 Å². The molecule has 1 heterocycles. The number of thiazole rings is 1. The van der Waals surface area contributed by atoms with Gasteiger partial charge in [-0.15, -0.1) is 11.8 Å². The van der Waals surface area contributed by atoms with Crippen LogP contribution in [-0.2, 0) is 0 Å². The van der Waals surface area contributed by atoms with Crippen LogP contribution >= 0.6 is 23.1 Å². The van der Waals surface area contributed by atoms with Crippen molar-refractivity contribution in [2.75, 3.05) is 18.7 Å². The van der Waals surface area contributed by atoms with Gasteiger partial charge in [0.1, 0.15) is 11.4 Å². The minimum Gasteiger partial charge on any atom is -0.496 e. The molecule has 0 saturated carbocycles. The van der Waals surface area contributed by atoms with Gasteiger partial charge in [0.15, 0.2) is 5.13 Å². The number of nitrogens with zero attached hydrogens (tertiary/aromatic N) is 2. The van der Waals surface area contributed by atoms with Crippen molar-refractivity contribution in [3.8, 4) is 5.75 Å². The molecule has 3 aromatic rings. The number of fused-ring (bicyclic) bond motifs is 1. The highest BCUT2D eigenvalue weighted by atomic mass is 32.2. The van der Waals surface area contributed by atoms with Crippen molar-refractivity contribution in [2.45, 2.75) is 4.90 Å². The molecule has 3 rings (SSSR count). The largest absolute Gasteiger partial charge is 0.496 e. The Kier molecular flexibility index (Phi) is 4.35. The maximum Gasteiger partial charge on any atom is 0.296 e. The van der Waals surface area contributed by atoms with Gasteiger partial charge in [0, 0.05) is 4.90 Å². The first-order valence-electron chi connectivity index (χ1n) is 6.65. The minimum atomic E-state index is -0.439. The van der Waals surface area contributed by atoms with E-state index in [0.717, 1.165) is 15.1 Å². The van der Waals surface area contributed by atoms with Crippen LogP contribution in [0.25, 0.3) is 10.2 Å². The first kappa shape index (κ1) is 15.6. The van der Waals surface area contributed by atoms with Gasteiger partial charge in [-0.1, -0.05) is 17.4 Å². The Balaban J connectivity index is 2.00. The van der Waals surface area contributed by atoms with Crippen LogP contribution in [0.5, 0.6) is 5.75 Å². The maximum absolute atomic E-state index is 11.2. The predicted octanol–water partition coefficient (Wildman–Crippen LogP) is 4.68. The van der Waals surface area contributed by atoms with Gasteiger partial charge in [0.25, 0.3) is 5.69 Å². The number of nitro groups is 1. The molecule has 0 fully saturated rings. The molecule has 1 aromatic heterocycles. The first-order chi connectivity index (χ1) is 11.1. The van der Waals surface area contributed by atoms with Crippen LogP contribution < -0.4 is 10.1 Å². The molecule has 0 atom stereocenters. The predicted molar refractivity (Wildman–Crippen MR) is 94.3 cm³/mol. The normalized spacial score (nSPS) is 10.7. The topological polar surface area (TPSA) is 77.3 Å². The highest BCUT2D eigenvalue weighted by molar-refractivity contribution is 7.98. The van der Waals surface area contributed by atoms with Crippen LogP contribution in [-0.4, -0.2) is 23.3 Å². The molecule has 8 heteroatoms. The number of nitro benzene ring substituents is 1. The zero-order valence-corrected chi connectivity index (χ0v) is 14.0. The smallest absolute Gasteiger partial charge is 0.296 e. The molecule has 1 N–H and O–H groups in total. The second-order valence-corrected chi connectivity index (χ2v) is 6.47. The van der Waals surface area contributed by atoms with Crippen molar-refractivity contribution in [1.29, 1.82) is 0 Å². The summed E-state index contributed by atoms with van der Waals surface area (Å²) in [5.74, 6) is 0.441. The molecule has 0 bridgehead atoms. The van der Waals surface area contributed by atoms with E-state index in [1.165, 1.54) is 24.5 Å². The number of rotatable bonds is 5. The SMILES string of the molecule is COc1ccc(Nc2nc3c(SC)cccc3s2)c([N+](=O)[O-])c1. The van der Waals surface area contributed by atoms with E-state index in [0.29, 0.717) is 16.6 Å². The Morgan fingerprint density at radius 2 is 2.17 bits per heavy atom. The molecule has 2 aromatic carbocycles. The average molecular weight is 347 g/mol. The van der Waals surface area contributed by atoms with E-state index in [9.17, 15) is 10.1 Å². The Morgan fingerprint density at radius 3 is 2.87 bits per heavy atom. The summed E-state index contributed by atoms with van der Waals surface area (Å²) >= 11 is 3.09. The van der Waals surface area contributed by atoms with Crippen molar-refractivity contribution >= 4 is 49.8 Å². The Bertz CT molecular complexity index is 880. The maximum atomic E-state index is 11.2. The van der Waals surface area contributed by atoms with Crippen LogP contribution in [0.1, 0.15) is 0 Å². The third-order valence-corrected chi connectivity index (χ3v) is 4.95. The molecule has 0 aliphatic carbocycles. The third kappa shape index (κ3) is 3.08. The zero-order chi connectivity index (χ0) is 16.4. The minimum absolute atomic E-state index is 0.0475. The Labute approximate surface area is 140 Å². The molecule has 0 radical (unpaired) electrons. The lowest BCUT2D eigenvalue weighted by Gasteiger charge is -2.05. The fourth-order valence-electron chi connectivity index (χ4n) is 2.15. The Morgan fingerprint density at radius 1 is 1.35 bits per heavy atom. The second-order valence-electron chi connectivity index (χ2n) is 4.59. The van der Waals surface area contributed by atoms with Crippen molar-refractivity contribution in [2.24, 2.45) is 0 Å². The summed E-state index contributed by atoms with van der Waals surface area (Å²) < 4.78 is 6.08. The lowest BCUT2D eigenvalue weighted by molar-refractivity contribution is -0.384. The number of benzene rings is 2. The van der Waals surface area contributed by atoms with Gasteiger partial charge in [-0.25, -0.2) is 4.98 Å². The number of anilines is 2. The molecule has 118 valence electrons. The molecular formula is C15H13N3O3S2. The van der Waals surface area contributed by atoms with E-state index < -0.39 is 4.92 Å². The van der Waals surface area contributed by atoms with Crippen molar-refractivity contribution < 1.29 is 9.66 Å². The number of ether oxygens (including phenoxy) is 1. The molecule has 0 aliphatic heterocycles. The number of para-hydroxylation sites is 1. The fourth-order valence-corrected chi connectivity index (χ4v) is 3.69. The van der Waals surface area contributed by atoms with E-state index in [1.54, 1.807) is 23.9 Å². The first-order valence-corrected chi connectivity index (χ1v) is 8.69. The van der Waals surface area contributed by atoms with Crippen LogP contribution in [0, 0.1) is 10.1 Å². The quantitative estimate of drug-likeness (QED) is 0.410. The monoisotopic (exact) mass is 347 g/mol. The number of methoxy groups -OCH3 is 1. The summed E-state index contributed by atoms with van der Waals surface area (Å²) in [6.07, 6.45) is 2.00. The van der Waals surface area contributed by atoms with E-state index in [4.69, 9.17) is 4.74 Å². The summed E-state index contributed by atoms with van der Waals surface area (Å²) in [6, 6.07) is 10.7. The second kappa shape index (κ2) is 6.43. The van der Waals surface area contributed by atoms with Crippen molar-refractivity contribution in [3.63, 3.8) is 0 Å².